The number of fused-ring (bicyclic) bond motifs is 1. The van der Waals surface area contributed by atoms with Crippen molar-refractivity contribution < 1.29 is 4.79 Å². The van der Waals surface area contributed by atoms with Crippen molar-refractivity contribution in [2.24, 2.45) is 5.92 Å². The minimum absolute atomic E-state index is 0.258. The highest BCUT2D eigenvalue weighted by molar-refractivity contribution is 5.83. The summed E-state index contributed by atoms with van der Waals surface area (Å²) in [5.74, 6) is 1.50. The van der Waals surface area contributed by atoms with Crippen molar-refractivity contribution in [3.8, 4) is 0 Å². The Morgan fingerprint density at radius 3 is 2.61 bits per heavy atom. The molecule has 23 heavy (non-hydrogen) atoms. The third-order valence-corrected chi connectivity index (χ3v) is 5.05. The number of aromatic nitrogens is 4. The van der Waals surface area contributed by atoms with Gasteiger partial charge in [-0.15, -0.1) is 0 Å². The van der Waals surface area contributed by atoms with Crippen molar-refractivity contribution in [3.63, 3.8) is 0 Å². The topological polar surface area (TPSA) is 78.0 Å². The van der Waals surface area contributed by atoms with Crippen LogP contribution in [-0.4, -0.2) is 56.9 Å². The quantitative estimate of drug-likeness (QED) is 0.910. The Morgan fingerprint density at radius 2 is 1.83 bits per heavy atom. The van der Waals surface area contributed by atoms with Crippen molar-refractivity contribution in [1.82, 2.24) is 24.8 Å². The van der Waals surface area contributed by atoms with Crippen molar-refractivity contribution in [1.29, 1.82) is 0 Å². The van der Waals surface area contributed by atoms with E-state index in [-0.39, 0.29) is 5.92 Å². The van der Waals surface area contributed by atoms with Crippen LogP contribution < -0.4 is 4.90 Å². The van der Waals surface area contributed by atoms with Crippen molar-refractivity contribution in [2.75, 3.05) is 31.1 Å². The summed E-state index contributed by atoms with van der Waals surface area (Å²) in [4.78, 5) is 32.7. The fraction of sp³-hybridized carbons (Fsp3) is 0.625. The summed E-state index contributed by atoms with van der Waals surface area (Å²) in [6.45, 7) is 3.16. The van der Waals surface area contributed by atoms with Crippen molar-refractivity contribution >= 4 is 22.9 Å². The molecule has 1 aliphatic heterocycles. The monoisotopic (exact) mass is 314 g/mol. The van der Waals surface area contributed by atoms with Crippen LogP contribution in [0.1, 0.15) is 32.1 Å². The molecule has 7 nitrogen and oxygen atoms in total. The molecule has 0 unspecified atom stereocenters. The number of H-pyrrole nitrogens is 1. The first-order valence-electron chi connectivity index (χ1n) is 8.51. The lowest BCUT2D eigenvalue weighted by Gasteiger charge is -2.37. The predicted octanol–water partition coefficient (Wildman–Crippen LogP) is 1.58. The molecule has 2 aromatic heterocycles. The summed E-state index contributed by atoms with van der Waals surface area (Å²) >= 11 is 0. The van der Waals surface area contributed by atoms with Crippen LogP contribution >= 0.6 is 0 Å². The molecule has 3 heterocycles. The molecular formula is C16H22N6O. The van der Waals surface area contributed by atoms with Gasteiger partial charge in [0.1, 0.15) is 11.8 Å². The predicted molar refractivity (Wildman–Crippen MR) is 87.1 cm³/mol. The maximum atomic E-state index is 12.6. The molecular weight excluding hydrogens is 292 g/mol. The molecule has 0 spiro atoms. The number of nitrogens with zero attached hydrogens (tertiary/aromatic N) is 5. The minimum atomic E-state index is 0.258. The largest absolute Gasteiger partial charge is 0.351 e. The number of anilines is 1. The molecule has 0 atom stereocenters. The van der Waals surface area contributed by atoms with Crippen LogP contribution in [0.15, 0.2) is 12.7 Å². The molecule has 122 valence electrons. The number of amides is 1. The van der Waals surface area contributed by atoms with Crippen LogP contribution in [0, 0.1) is 5.92 Å². The molecule has 0 aromatic carbocycles. The summed E-state index contributed by atoms with van der Waals surface area (Å²) < 4.78 is 0. The molecule has 1 N–H and O–H groups in total. The van der Waals surface area contributed by atoms with E-state index in [0.717, 1.165) is 50.4 Å². The Bertz CT molecular complexity index is 685. The second-order valence-corrected chi connectivity index (χ2v) is 6.45. The highest BCUT2D eigenvalue weighted by Gasteiger charge is 2.29. The van der Waals surface area contributed by atoms with Gasteiger partial charge in [0.15, 0.2) is 11.5 Å². The van der Waals surface area contributed by atoms with Crippen molar-refractivity contribution in [2.45, 2.75) is 32.1 Å². The fourth-order valence-corrected chi connectivity index (χ4v) is 3.74. The third kappa shape index (κ3) is 2.75. The van der Waals surface area contributed by atoms with Gasteiger partial charge in [-0.05, 0) is 12.8 Å². The van der Waals surface area contributed by atoms with E-state index < -0.39 is 0 Å². The summed E-state index contributed by atoms with van der Waals surface area (Å²) in [7, 11) is 0. The summed E-state index contributed by atoms with van der Waals surface area (Å²) in [6.07, 6.45) is 9.03. The van der Waals surface area contributed by atoms with Crippen LogP contribution in [-0.2, 0) is 4.79 Å². The molecule has 0 radical (unpaired) electrons. The van der Waals surface area contributed by atoms with Crippen LogP contribution in [0.5, 0.6) is 0 Å². The van der Waals surface area contributed by atoms with E-state index in [4.69, 9.17) is 0 Å². The normalized spacial score (nSPS) is 20.2. The second kappa shape index (κ2) is 6.14. The van der Waals surface area contributed by atoms with Crippen LogP contribution in [0.25, 0.3) is 11.2 Å². The Kier molecular flexibility index (Phi) is 3.85. The lowest BCUT2D eigenvalue weighted by Crippen LogP contribution is -2.50. The number of hydrogen-bond acceptors (Lipinski definition) is 5. The lowest BCUT2D eigenvalue weighted by atomic mass is 9.88. The molecule has 0 bridgehead atoms. The number of aromatic amines is 1. The zero-order chi connectivity index (χ0) is 15.6. The molecule has 1 aliphatic carbocycles. The highest BCUT2D eigenvalue weighted by Crippen LogP contribution is 2.27. The SMILES string of the molecule is O=C(C1CCCCC1)N1CCN(c2ncnc3nc[nH]c23)CC1. The Hall–Kier alpha value is -2.18. The van der Waals surface area contributed by atoms with Gasteiger partial charge in [-0.2, -0.15) is 0 Å². The van der Waals surface area contributed by atoms with E-state index in [1.165, 1.54) is 19.3 Å². The van der Waals surface area contributed by atoms with E-state index >= 15 is 0 Å². The lowest BCUT2D eigenvalue weighted by molar-refractivity contribution is -0.136. The highest BCUT2D eigenvalue weighted by atomic mass is 16.2. The number of imidazole rings is 1. The van der Waals surface area contributed by atoms with Crippen LogP contribution in [0.4, 0.5) is 5.82 Å². The maximum absolute atomic E-state index is 12.6. The minimum Gasteiger partial charge on any atom is -0.351 e. The van der Waals surface area contributed by atoms with Gasteiger partial charge in [0.25, 0.3) is 0 Å². The first kappa shape index (κ1) is 14.4. The van der Waals surface area contributed by atoms with E-state index in [1.807, 2.05) is 4.90 Å². The molecule has 1 amide bonds. The number of hydrogen-bond donors (Lipinski definition) is 1. The zero-order valence-corrected chi connectivity index (χ0v) is 13.2. The standard InChI is InChI=1S/C16H22N6O/c23-16(12-4-2-1-3-5-12)22-8-6-21(7-9-22)15-13-14(18-10-17-13)19-11-20-15/h10-12H,1-9H2,(H,17,18,19,20). The van der Waals surface area contributed by atoms with E-state index in [0.29, 0.717) is 11.6 Å². The number of carbonyl (C=O) groups excluding carboxylic acids is 1. The fourth-order valence-electron chi connectivity index (χ4n) is 3.74. The van der Waals surface area contributed by atoms with Gasteiger partial charge in [0.2, 0.25) is 5.91 Å². The first-order chi connectivity index (χ1) is 11.3. The van der Waals surface area contributed by atoms with Gasteiger partial charge in [0.05, 0.1) is 6.33 Å². The van der Waals surface area contributed by atoms with E-state index in [1.54, 1.807) is 12.7 Å². The number of nitrogens with one attached hydrogen (secondary N) is 1. The van der Waals surface area contributed by atoms with Crippen LogP contribution in [0.2, 0.25) is 0 Å². The third-order valence-electron chi connectivity index (χ3n) is 5.05. The smallest absolute Gasteiger partial charge is 0.225 e. The summed E-state index contributed by atoms with van der Waals surface area (Å²) in [6, 6.07) is 0. The number of piperazine rings is 1. The Balaban J connectivity index is 1.42. The molecule has 1 saturated carbocycles. The van der Waals surface area contributed by atoms with Crippen LogP contribution in [0.3, 0.4) is 0 Å². The average Bonchev–Trinajstić information content (AvgIpc) is 3.11. The summed E-state index contributed by atoms with van der Waals surface area (Å²) in [5.41, 5.74) is 1.57. The van der Waals surface area contributed by atoms with E-state index in [9.17, 15) is 4.79 Å². The molecule has 2 aliphatic rings. The number of rotatable bonds is 2. The molecule has 2 aromatic rings. The van der Waals surface area contributed by atoms with Gasteiger partial charge >= 0.3 is 0 Å². The zero-order valence-electron chi connectivity index (χ0n) is 13.2. The van der Waals surface area contributed by atoms with E-state index in [2.05, 4.69) is 24.8 Å². The maximum Gasteiger partial charge on any atom is 0.225 e. The van der Waals surface area contributed by atoms with Crippen molar-refractivity contribution in [3.05, 3.63) is 12.7 Å². The molecule has 4 rings (SSSR count). The molecule has 2 fully saturated rings. The Morgan fingerprint density at radius 1 is 1.04 bits per heavy atom. The van der Waals surface area contributed by atoms with Gasteiger partial charge < -0.3 is 14.8 Å². The Labute approximate surface area is 135 Å². The average molecular weight is 314 g/mol. The molecule has 1 saturated heterocycles. The van der Waals surface area contributed by atoms with Gasteiger partial charge in [-0.25, -0.2) is 15.0 Å². The molecule has 7 heteroatoms. The summed E-state index contributed by atoms with van der Waals surface area (Å²) in [5, 5.41) is 0. The number of carbonyl (C=O) groups is 1. The first-order valence-corrected chi connectivity index (χ1v) is 8.51. The van der Waals surface area contributed by atoms with Gasteiger partial charge in [0, 0.05) is 32.1 Å². The van der Waals surface area contributed by atoms with Gasteiger partial charge in [-0.3, -0.25) is 4.79 Å². The van der Waals surface area contributed by atoms with Gasteiger partial charge in [-0.1, -0.05) is 19.3 Å². The second-order valence-electron chi connectivity index (χ2n) is 6.45.